The van der Waals surface area contributed by atoms with Crippen LogP contribution in [-0.2, 0) is 17.6 Å². The fourth-order valence-electron chi connectivity index (χ4n) is 6.11. The molecule has 5 heterocycles. The third-order valence-corrected chi connectivity index (χ3v) is 9.16. The molecule has 0 bridgehead atoms. The number of hydrogen-bond acceptors (Lipinski definition) is 9. The summed E-state index contributed by atoms with van der Waals surface area (Å²) in [6, 6.07) is 4.42. The van der Waals surface area contributed by atoms with Crippen molar-refractivity contribution in [3.8, 4) is 0 Å². The average Bonchev–Trinajstić information content (AvgIpc) is 3.35. The Hall–Kier alpha value is -2.82. The van der Waals surface area contributed by atoms with Crippen LogP contribution in [0.15, 0.2) is 12.1 Å². The summed E-state index contributed by atoms with van der Waals surface area (Å²) < 4.78 is 5.79. The zero-order valence-corrected chi connectivity index (χ0v) is 21.7. The van der Waals surface area contributed by atoms with Gasteiger partial charge in [-0.1, -0.05) is 6.07 Å². The number of aryl methyl sites for hydroxylation is 3. The van der Waals surface area contributed by atoms with Crippen LogP contribution in [-0.4, -0.2) is 59.2 Å². The highest BCUT2D eigenvalue weighted by atomic mass is 32.1. The number of nitrogens with two attached hydrogens (primary N) is 2. The van der Waals surface area contributed by atoms with E-state index in [2.05, 4.69) is 32.3 Å². The van der Waals surface area contributed by atoms with Crippen molar-refractivity contribution in [1.82, 2.24) is 20.3 Å². The molecule has 10 heteroatoms. The first-order valence-electron chi connectivity index (χ1n) is 12.7. The van der Waals surface area contributed by atoms with E-state index in [4.69, 9.17) is 21.2 Å². The number of ether oxygens (including phenoxy) is 1. The van der Waals surface area contributed by atoms with E-state index < -0.39 is 0 Å². The number of nitrogens with one attached hydrogen (secondary N) is 1. The molecule has 2 aliphatic heterocycles. The maximum atomic E-state index is 13.1. The van der Waals surface area contributed by atoms with E-state index in [9.17, 15) is 4.79 Å². The first-order chi connectivity index (χ1) is 17.3. The van der Waals surface area contributed by atoms with Gasteiger partial charge in [-0.2, -0.15) is 0 Å². The van der Waals surface area contributed by atoms with Crippen molar-refractivity contribution in [2.24, 2.45) is 11.1 Å². The molecule has 3 aliphatic rings. The molecule has 3 aromatic rings. The molecule has 3 unspecified atom stereocenters. The first-order valence-corrected chi connectivity index (χ1v) is 13.6. The molecule has 2 saturated heterocycles. The van der Waals surface area contributed by atoms with Gasteiger partial charge in [-0.3, -0.25) is 4.79 Å². The topological polar surface area (TPSA) is 132 Å². The predicted molar refractivity (Wildman–Crippen MR) is 141 cm³/mol. The van der Waals surface area contributed by atoms with Crippen molar-refractivity contribution in [3.63, 3.8) is 0 Å². The first kappa shape index (κ1) is 23.6. The highest BCUT2D eigenvalue weighted by molar-refractivity contribution is 7.21. The van der Waals surface area contributed by atoms with Crippen LogP contribution in [0.25, 0.3) is 10.2 Å². The molecule has 0 radical (unpaired) electrons. The molecule has 1 spiro atoms. The normalized spacial score (nSPS) is 25.9. The third kappa shape index (κ3) is 4.01. The van der Waals surface area contributed by atoms with Crippen LogP contribution in [0.1, 0.15) is 51.7 Å². The SMILES string of the molecule is Cc1nc(C)c2c(N)c(C(=O)NC3CCc4nc(N5CC(N)C6(CCCOC6)C5)ccc4C3)sc2n1. The van der Waals surface area contributed by atoms with E-state index in [0.717, 1.165) is 85.8 Å². The van der Waals surface area contributed by atoms with Crippen molar-refractivity contribution in [3.05, 3.63) is 39.8 Å². The number of nitrogens with zero attached hydrogens (tertiary/aromatic N) is 4. The number of hydrogen-bond donors (Lipinski definition) is 3. The summed E-state index contributed by atoms with van der Waals surface area (Å²) in [6.45, 7) is 7.05. The lowest BCUT2D eigenvalue weighted by Crippen LogP contribution is -2.46. The molecule has 3 aromatic heterocycles. The molecule has 1 aliphatic carbocycles. The van der Waals surface area contributed by atoms with Crippen LogP contribution in [0.5, 0.6) is 0 Å². The molecular weight excluding hydrogens is 474 g/mol. The molecule has 1 amide bonds. The van der Waals surface area contributed by atoms with Crippen molar-refractivity contribution in [2.45, 2.75) is 58.0 Å². The fourth-order valence-corrected chi connectivity index (χ4v) is 7.20. The van der Waals surface area contributed by atoms with Gasteiger partial charge in [-0.05, 0) is 57.6 Å². The van der Waals surface area contributed by atoms with E-state index in [1.54, 1.807) is 0 Å². The molecule has 6 rings (SSSR count). The maximum Gasteiger partial charge on any atom is 0.263 e. The summed E-state index contributed by atoms with van der Waals surface area (Å²) in [5, 5.41) is 3.98. The highest BCUT2D eigenvalue weighted by Crippen LogP contribution is 2.39. The summed E-state index contributed by atoms with van der Waals surface area (Å²) in [7, 11) is 0. The molecular formula is C26H33N7O2S. The summed E-state index contributed by atoms with van der Waals surface area (Å²) in [6.07, 6.45) is 4.62. The van der Waals surface area contributed by atoms with Crippen molar-refractivity contribution in [1.29, 1.82) is 0 Å². The number of nitrogen functional groups attached to an aromatic ring is 1. The number of carbonyl (C=O) groups is 1. The van der Waals surface area contributed by atoms with Gasteiger partial charge >= 0.3 is 0 Å². The number of anilines is 2. The van der Waals surface area contributed by atoms with Gasteiger partial charge in [0.1, 0.15) is 21.3 Å². The Bertz CT molecular complexity index is 1330. The van der Waals surface area contributed by atoms with E-state index in [1.807, 2.05) is 13.8 Å². The minimum atomic E-state index is -0.142. The molecule has 5 N–H and O–H groups in total. The quantitative estimate of drug-likeness (QED) is 0.493. The number of carbonyl (C=O) groups excluding carboxylic acids is 1. The van der Waals surface area contributed by atoms with Gasteiger partial charge in [0.25, 0.3) is 5.91 Å². The number of amides is 1. The second-order valence-corrected chi connectivity index (χ2v) is 11.6. The van der Waals surface area contributed by atoms with Crippen LogP contribution in [0, 0.1) is 19.3 Å². The summed E-state index contributed by atoms with van der Waals surface area (Å²) in [5.41, 5.74) is 16.5. The number of aromatic nitrogens is 3. The van der Waals surface area contributed by atoms with Crippen LogP contribution in [0.3, 0.4) is 0 Å². The molecule has 36 heavy (non-hydrogen) atoms. The van der Waals surface area contributed by atoms with E-state index in [0.29, 0.717) is 16.4 Å². The largest absolute Gasteiger partial charge is 0.397 e. The molecule has 0 aromatic carbocycles. The van der Waals surface area contributed by atoms with Gasteiger partial charge in [0.05, 0.1) is 23.4 Å². The van der Waals surface area contributed by atoms with Gasteiger partial charge in [-0.25, -0.2) is 15.0 Å². The Morgan fingerprint density at radius 3 is 2.94 bits per heavy atom. The van der Waals surface area contributed by atoms with Gasteiger partial charge < -0.3 is 26.4 Å². The van der Waals surface area contributed by atoms with Gasteiger partial charge in [0.2, 0.25) is 0 Å². The van der Waals surface area contributed by atoms with Gasteiger partial charge in [-0.15, -0.1) is 11.3 Å². The van der Waals surface area contributed by atoms with Crippen LogP contribution in [0.4, 0.5) is 11.5 Å². The zero-order valence-electron chi connectivity index (χ0n) is 20.8. The zero-order chi connectivity index (χ0) is 25.0. The Kier molecular flexibility index (Phi) is 5.85. The van der Waals surface area contributed by atoms with Gasteiger partial charge in [0, 0.05) is 42.9 Å². The maximum absolute atomic E-state index is 13.1. The number of fused-ring (bicyclic) bond motifs is 2. The lowest BCUT2D eigenvalue weighted by molar-refractivity contribution is -0.00345. The van der Waals surface area contributed by atoms with Gasteiger partial charge in [0.15, 0.2) is 0 Å². The number of pyridine rings is 1. The van der Waals surface area contributed by atoms with E-state index >= 15 is 0 Å². The minimum absolute atomic E-state index is 0.0408. The lowest BCUT2D eigenvalue weighted by atomic mass is 9.79. The Balaban J connectivity index is 1.15. The molecule has 3 atom stereocenters. The van der Waals surface area contributed by atoms with Crippen molar-refractivity contribution in [2.75, 3.05) is 36.9 Å². The van der Waals surface area contributed by atoms with E-state index in [1.165, 1.54) is 16.9 Å². The molecule has 0 saturated carbocycles. The Morgan fingerprint density at radius 1 is 1.28 bits per heavy atom. The highest BCUT2D eigenvalue weighted by Gasteiger charge is 2.46. The second-order valence-electron chi connectivity index (χ2n) is 10.6. The lowest BCUT2D eigenvalue weighted by Gasteiger charge is -2.36. The number of thiophene rings is 1. The van der Waals surface area contributed by atoms with Crippen molar-refractivity contribution < 1.29 is 9.53 Å². The Morgan fingerprint density at radius 2 is 2.14 bits per heavy atom. The predicted octanol–water partition coefficient (Wildman–Crippen LogP) is 2.52. The summed E-state index contributed by atoms with van der Waals surface area (Å²) >= 11 is 1.33. The molecule has 9 nitrogen and oxygen atoms in total. The fraction of sp³-hybridized carbons (Fsp3) is 0.538. The van der Waals surface area contributed by atoms with Crippen LogP contribution < -0.4 is 21.7 Å². The summed E-state index contributed by atoms with van der Waals surface area (Å²) in [4.78, 5) is 30.6. The van der Waals surface area contributed by atoms with E-state index in [-0.39, 0.29) is 23.4 Å². The smallest absolute Gasteiger partial charge is 0.263 e. The molecule has 190 valence electrons. The average molecular weight is 508 g/mol. The summed E-state index contributed by atoms with van der Waals surface area (Å²) in [5.74, 6) is 1.54. The number of rotatable bonds is 3. The standard InChI is InChI=1S/C26H33N7O2S/c1-14-21-22(28)23(36-25(21)30-15(2)29-14)24(34)31-17-5-6-18-16(10-17)4-7-20(32-18)33-11-19(27)26(12-33)8-3-9-35-13-26/h4,7,17,19H,3,5-6,8-13,27-28H2,1-2H3,(H,31,34). The monoisotopic (exact) mass is 507 g/mol. The van der Waals surface area contributed by atoms with Crippen LogP contribution in [0.2, 0.25) is 0 Å². The second kappa shape index (κ2) is 8.93. The van der Waals surface area contributed by atoms with Crippen molar-refractivity contribution >= 4 is 39.0 Å². The third-order valence-electron chi connectivity index (χ3n) is 8.06. The molecule has 2 fully saturated rings. The van der Waals surface area contributed by atoms with Crippen LogP contribution >= 0.6 is 11.3 Å². The minimum Gasteiger partial charge on any atom is -0.397 e. The Labute approximate surface area is 214 Å².